The van der Waals surface area contributed by atoms with E-state index in [1.807, 2.05) is 0 Å². The first-order chi connectivity index (χ1) is 5.86. The van der Waals surface area contributed by atoms with Gasteiger partial charge in [0.05, 0.1) is 0 Å². The van der Waals surface area contributed by atoms with E-state index in [2.05, 4.69) is 49.4 Å². The third-order valence-corrected chi connectivity index (χ3v) is 2.06. The number of benzene rings is 1. The number of rotatable bonds is 1. The summed E-state index contributed by atoms with van der Waals surface area (Å²) in [4.78, 5) is 0. The standard InChI is InChI=1S/C12H11/c1-10-6-8-12(9-7-10)11-4-2-3-5-11/h2,4,6-9H,3H2,1H3. The predicted molar refractivity (Wildman–Crippen MR) is 51.6 cm³/mol. The molecule has 0 atom stereocenters. The van der Waals surface area contributed by atoms with Crippen LogP contribution in [-0.2, 0) is 0 Å². The average Bonchev–Trinajstić information content (AvgIpc) is 2.58. The molecular formula is C12H11. The molecule has 59 valence electrons. The molecule has 0 spiro atoms. The first-order valence-corrected chi connectivity index (χ1v) is 4.21. The molecule has 0 amide bonds. The van der Waals surface area contributed by atoms with Crippen molar-refractivity contribution in [1.82, 2.24) is 0 Å². The molecule has 0 heterocycles. The fourth-order valence-corrected chi connectivity index (χ4v) is 1.34. The molecule has 1 radical (unpaired) electrons. The molecule has 0 N–H and O–H groups in total. The van der Waals surface area contributed by atoms with E-state index in [9.17, 15) is 0 Å². The van der Waals surface area contributed by atoms with Gasteiger partial charge in [-0.05, 0) is 30.6 Å². The molecule has 0 aromatic heterocycles. The van der Waals surface area contributed by atoms with Gasteiger partial charge >= 0.3 is 0 Å². The second kappa shape index (κ2) is 2.98. The predicted octanol–water partition coefficient (Wildman–Crippen LogP) is 3.14. The molecule has 1 aromatic carbocycles. The maximum atomic E-state index is 3.30. The van der Waals surface area contributed by atoms with Crippen molar-refractivity contribution in [3.8, 4) is 0 Å². The smallest absolute Gasteiger partial charge is 0.00849 e. The Kier molecular flexibility index (Phi) is 1.83. The van der Waals surface area contributed by atoms with Crippen molar-refractivity contribution in [3.63, 3.8) is 0 Å². The number of allylic oxidation sites excluding steroid dienone is 4. The Hall–Kier alpha value is -1.30. The lowest BCUT2D eigenvalue weighted by atomic mass is 10.1. The molecule has 12 heavy (non-hydrogen) atoms. The molecule has 0 unspecified atom stereocenters. The SMILES string of the molecule is Cc1ccc(C2=[C]CC=C2)cc1. The van der Waals surface area contributed by atoms with E-state index in [0.29, 0.717) is 0 Å². The molecule has 0 nitrogen and oxygen atoms in total. The monoisotopic (exact) mass is 155 g/mol. The van der Waals surface area contributed by atoms with Crippen LogP contribution in [0.25, 0.3) is 5.57 Å². The van der Waals surface area contributed by atoms with E-state index in [1.165, 1.54) is 16.7 Å². The summed E-state index contributed by atoms with van der Waals surface area (Å²) in [6.45, 7) is 2.10. The molecule has 0 heteroatoms. The van der Waals surface area contributed by atoms with E-state index in [4.69, 9.17) is 0 Å². The van der Waals surface area contributed by atoms with Crippen molar-refractivity contribution in [2.75, 3.05) is 0 Å². The summed E-state index contributed by atoms with van der Waals surface area (Å²) in [6, 6.07) is 8.56. The van der Waals surface area contributed by atoms with Crippen molar-refractivity contribution in [2.45, 2.75) is 13.3 Å². The molecule has 1 aliphatic rings. The Morgan fingerprint density at radius 3 is 2.50 bits per heavy atom. The van der Waals surface area contributed by atoms with Crippen LogP contribution in [0.3, 0.4) is 0 Å². The van der Waals surface area contributed by atoms with E-state index >= 15 is 0 Å². The summed E-state index contributed by atoms with van der Waals surface area (Å²) >= 11 is 0. The Labute approximate surface area is 73.2 Å². The fraction of sp³-hybridized carbons (Fsp3) is 0.167. The molecular weight excluding hydrogens is 144 g/mol. The van der Waals surface area contributed by atoms with Crippen molar-refractivity contribution in [2.24, 2.45) is 0 Å². The van der Waals surface area contributed by atoms with Gasteiger partial charge in [-0.3, -0.25) is 0 Å². The summed E-state index contributed by atoms with van der Waals surface area (Å²) in [5.74, 6) is 0. The van der Waals surface area contributed by atoms with Crippen LogP contribution in [-0.4, -0.2) is 0 Å². The zero-order chi connectivity index (χ0) is 8.39. The lowest BCUT2D eigenvalue weighted by Gasteiger charge is -1.99. The second-order valence-corrected chi connectivity index (χ2v) is 3.06. The number of hydrogen-bond acceptors (Lipinski definition) is 0. The minimum absolute atomic E-state index is 0.962. The van der Waals surface area contributed by atoms with E-state index < -0.39 is 0 Å². The lowest BCUT2D eigenvalue weighted by molar-refractivity contribution is 1.39. The highest BCUT2D eigenvalue weighted by molar-refractivity contribution is 5.74. The minimum atomic E-state index is 0.962. The third-order valence-electron chi connectivity index (χ3n) is 2.06. The van der Waals surface area contributed by atoms with Gasteiger partial charge in [0.15, 0.2) is 0 Å². The summed E-state index contributed by atoms with van der Waals surface area (Å²) in [6.07, 6.45) is 8.52. The highest BCUT2D eigenvalue weighted by Crippen LogP contribution is 2.20. The quantitative estimate of drug-likeness (QED) is 0.584. The van der Waals surface area contributed by atoms with Crippen molar-refractivity contribution in [3.05, 3.63) is 53.6 Å². The largest absolute Gasteiger partial charge is 0.0795 e. The highest BCUT2D eigenvalue weighted by Gasteiger charge is 2.00. The van der Waals surface area contributed by atoms with Gasteiger partial charge in [-0.25, -0.2) is 0 Å². The molecule has 1 aromatic rings. The Morgan fingerprint density at radius 2 is 1.92 bits per heavy atom. The molecule has 0 fully saturated rings. The van der Waals surface area contributed by atoms with Gasteiger partial charge in [0.1, 0.15) is 0 Å². The summed E-state index contributed by atoms with van der Waals surface area (Å²) in [5, 5.41) is 0. The molecule has 2 rings (SSSR count). The van der Waals surface area contributed by atoms with Crippen LogP contribution in [0.4, 0.5) is 0 Å². The molecule has 0 saturated heterocycles. The van der Waals surface area contributed by atoms with Crippen LogP contribution >= 0.6 is 0 Å². The third kappa shape index (κ3) is 1.33. The second-order valence-electron chi connectivity index (χ2n) is 3.06. The molecule has 1 aliphatic carbocycles. The van der Waals surface area contributed by atoms with Gasteiger partial charge in [-0.2, -0.15) is 0 Å². The molecule has 0 bridgehead atoms. The van der Waals surface area contributed by atoms with Gasteiger partial charge in [0.2, 0.25) is 0 Å². The van der Waals surface area contributed by atoms with Crippen LogP contribution in [0.1, 0.15) is 17.5 Å². The maximum Gasteiger partial charge on any atom is -0.00849 e. The lowest BCUT2D eigenvalue weighted by Crippen LogP contribution is -1.78. The molecule has 0 aliphatic heterocycles. The number of aryl methyl sites for hydroxylation is 1. The first kappa shape index (κ1) is 7.35. The van der Waals surface area contributed by atoms with Crippen molar-refractivity contribution < 1.29 is 0 Å². The summed E-state index contributed by atoms with van der Waals surface area (Å²) in [5.41, 5.74) is 3.81. The van der Waals surface area contributed by atoms with Crippen LogP contribution < -0.4 is 0 Å². The van der Waals surface area contributed by atoms with Gasteiger partial charge in [-0.15, -0.1) is 0 Å². The Bertz CT molecular complexity index is 326. The Balaban J connectivity index is 2.35. The van der Waals surface area contributed by atoms with Crippen LogP contribution in [0.2, 0.25) is 0 Å². The number of hydrogen-bond donors (Lipinski definition) is 0. The topological polar surface area (TPSA) is 0 Å². The minimum Gasteiger partial charge on any atom is -0.0795 e. The average molecular weight is 155 g/mol. The fourth-order valence-electron chi connectivity index (χ4n) is 1.34. The van der Waals surface area contributed by atoms with Crippen molar-refractivity contribution >= 4 is 5.57 Å². The molecule has 0 saturated carbocycles. The van der Waals surface area contributed by atoms with Gasteiger partial charge in [0, 0.05) is 0 Å². The summed E-state index contributed by atoms with van der Waals surface area (Å²) in [7, 11) is 0. The van der Waals surface area contributed by atoms with Gasteiger partial charge in [-0.1, -0.05) is 42.0 Å². The zero-order valence-electron chi connectivity index (χ0n) is 7.17. The normalized spacial score (nSPS) is 14.9. The van der Waals surface area contributed by atoms with Crippen LogP contribution in [0.5, 0.6) is 0 Å². The zero-order valence-corrected chi connectivity index (χ0v) is 7.17. The van der Waals surface area contributed by atoms with E-state index in [1.54, 1.807) is 0 Å². The van der Waals surface area contributed by atoms with E-state index in [-0.39, 0.29) is 0 Å². The van der Waals surface area contributed by atoms with Gasteiger partial charge in [0.25, 0.3) is 0 Å². The van der Waals surface area contributed by atoms with Crippen LogP contribution in [0.15, 0.2) is 36.4 Å². The first-order valence-electron chi connectivity index (χ1n) is 4.21. The van der Waals surface area contributed by atoms with Crippen molar-refractivity contribution in [1.29, 1.82) is 0 Å². The van der Waals surface area contributed by atoms with Gasteiger partial charge < -0.3 is 0 Å². The highest BCUT2D eigenvalue weighted by atomic mass is 14.0. The van der Waals surface area contributed by atoms with Crippen LogP contribution in [0, 0.1) is 13.0 Å². The Morgan fingerprint density at radius 1 is 1.17 bits per heavy atom. The maximum absolute atomic E-state index is 3.30. The van der Waals surface area contributed by atoms with E-state index in [0.717, 1.165) is 6.42 Å². The summed E-state index contributed by atoms with van der Waals surface area (Å²) < 4.78 is 0.